The Morgan fingerprint density at radius 1 is 1.34 bits per heavy atom. The van der Waals surface area contributed by atoms with E-state index in [2.05, 4.69) is 22.7 Å². The topological polar surface area (TPSA) is 48.6 Å². The Morgan fingerprint density at radius 2 is 2.17 bits per heavy atom. The van der Waals surface area contributed by atoms with Crippen molar-refractivity contribution in [1.82, 2.24) is 0 Å². The smallest absolute Gasteiger partial charge is 0.127 e. The number of hydrogen-bond acceptors (Lipinski definition) is 4. The normalized spacial score (nSPS) is 14.4. The Balaban J connectivity index is 1.60. The number of ether oxygens (including phenoxy) is 1. The summed E-state index contributed by atoms with van der Waals surface area (Å²) in [4.78, 5) is 5.99. The van der Waals surface area contributed by atoms with Gasteiger partial charge in [-0.3, -0.25) is 4.99 Å². The van der Waals surface area contributed by atoms with E-state index in [-0.39, 0.29) is 11.7 Å². The largest absolute Gasteiger partial charge is 0.493 e. The zero-order valence-corrected chi connectivity index (χ0v) is 16.7. The molecule has 0 bridgehead atoms. The van der Waals surface area contributed by atoms with Crippen molar-refractivity contribution < 1.29 is 9.13 Å². The van der Waals surface area contributed by atoms with Crippen molar-refractivity contribution in [3.63, 3.8) is 0 Å². The van der Waals surface area contributed by atoms with Gasteiger partial charge in [-0.25, -0.2) is 4.39 Å². The molecule has 3 rings (SSSR count). The van der Waals surface area contributed by atoms with E-state index >= 15 is 0 Å². The van der Waals surface area contributed by atoms with E-state index < -0.39 is 0 Å². The number of nitriles is 1. The van der Waals surface area contributed by atoms with Crippen LogP contribution in [0, 0.1) is 29.0 Å². The summed E-state index contributed by atoms with van der Waals surface area (Å²) < 4.78 is 20.1. The Labute approximate surface area is 171 Å². The first kappa shape index (κ1) is 20.6. The molecular formula is C24H26FN3O. The lowest BCUT2D eigenvalue weighted by atomic mass is 10.0. The Hall–Kier alpha value is -3.13. The summed E-state index contributed by atoms with van der Waals surface area (Å²) in [7, 11) is 0. The highest BCUT2D eigenvalue weighted by Crippen LogP contribution is 2.32. The van der Waals surface area contributed by atoms with Crippen LogP contribution in [0.3, 0.4) is 0 Å². The fourth-order valence-electron chi connectivity index (χ4n) is 3.17. The quantitative estimate of drug-likeness (QED) is 0.514. The number of hydrogen-bond donors (Lipinski definition) is 0. The Bertz CT molecular complexity index is 915. The molecule has 0 aliphatic heterocycles. The number of benzene rings is 2. The van der Waals surface area contributed by atoms with Crippen molar-refractivity contribution in [2.24, 2.45) is 16.8 Å². The van der Waals surface area contributed by atoms with Gasteiger partial charge in [0.25, 0.3) is 0 Å². The van der Waals surface area contributed by atoms with Gasteiger partial charge in [-0.05, 0) is 67.6 Å². The van der Waals surface area contributed by atoms with Crippen LogP contribution in [-0.2, 0) is 6.42 Å². The molecule has 150 valence electrons. The summed E-state index contributed by atoms with van der Waals surface area (Å²) in [6, 6.07) is 14.6. The van der Waals surface area contributed by atoms with Crippen LogP contribution in [0.15, 0.2) is 59.9 Å². The van der Waals surface area contributed by atoms with Crippen molar-refractivity contribution >= 4 is 12.4 Å². The van der Waals surface area contributed by atoms with Crippen molar-refractivity contribution in [3.8, 4) is 11.8 Å². The fraction of sp³-hybridized carbons (Fsp3) is 0.333. The lowest BCUT2D eigenvalue weighted by Crippen LogP contribution is -2.19. The zero-order chi connectivity index (χ0) is 20.6. The molecule has 1 unspecified atom stereocenters. The lowest BCUT2D eigenvalue weighted by molar-refractivity contribution is 0.258. The standard InChI is InChI=1S/C24H26FN3O/c1-18(12-21-9-8-20(15-26)13-24(21)25)17-29-23-5-3-4-22(14-23)28(11-10-27-2)16-19-6-7-19/h3-5,8-11,13-14,18-19H,2,6-7,12,16-17H2,1H3/b11-10-. The number of nitrogens with zero attached hydrogens (tertiary/aromatic N) is 3. The van der Waals surface area contributed by atoms with E-state index in [1.54, 1.807) is 18.3 Å². The highest BCUT2D eigenvalue weighted by molar-refractivity contribution is 5.53. The molecule has 0 heterocycles. The molecule has 0 saturated heterocycles. The molecule has 29 heavy (non-hydrogen) atoms. The lowest BCUT2D eigenvalue weighted by Gasteiger charge is -2.21. The van der Waals surface area contributed by atoms with Gasteiger partial charge in [-0.2, -0.15) is 5.26 Å². The highest BCUT2D eigenvalue weighted by Gasteiger charge is 2.24. The molecule has 0 amide bonds. The van der Waals surface area contributed by atoms with Crippen LogP contribution in [-0.4, -0.2) is 19.9 Å². The molecule has 5 heteroatoms. The summed E-state index contributed by atoms with van der Waals surface area (Å²) in [5.74, 6) is 1.32. The molecule has 4 nitrogen and oxygen atoms in total. The second kappa shape index (κ2) is 9.88. The maximum atomic E-state index is 14.1. The second-order valence-electron chi connectivity index (χ2n) is 7.61. The van der Waals surface area contributed by atoms with Gasteiger partial charge in [-0.15, -0.1) is 0 Å². The third-order valence-corrected chi connectivity index (χ3v) is 4.94. The molecule has 1 fully saturated rings. The average molecular weight is 391 g/mol. The van der Waals surface area contributed by atoms with E-state index in [0.29, 0.717) is 24.2 Å². The molecule has 0 aromatic heterocycles. The van der Waals surface area contributed by atoms with Crippen LogP contribution >= 0.6 is 0 Å². The molecule has 2 aromatic rings. The molecule has 2 aromatic carbocycles. The van der Waals surface area contributed by atoms with E-state index in [1.807, 2.05) is 37.4 Å². The SMILES string of the molecule is C=N/C=C\N(CC1CC1)c1cccc(OCC(C)Cc2ccc(C#N)cc2F)c1. The summed E-state index contributed by atoms with van der Waals surface area (Å²) in [6.45, 7) is 6.98. The predicted octanol–water partition coefficient (Wildman–Crippen LogP) is 5.34. The fourth-order valence-corrected chi connectivity index (χ4v) is 3.17. The molecule has 0 N–H and O–H groups in total. The number of aliphatic imine (C=N–C) groups is 1. The summed E-state index contributed by atoms with van der Waals surface area (Å²) in [5, 5.41) is 8.85. The third-order valence-electron chi connectivity index (χ3n) is 4.94. The predicted molar refractivity (Wildman–Crippen MR) is 115 cm³/mol. The number of anilines is 1. The van der Waals surface area contributed by atoms with Gasteiger partial charge < -0.3 is 9.64 Å². The molecule has 0 radical (unpaired) electrons. The molecule has 1 aliphatic rings. The van der Waals surface area contributed by atoms with E-state index in [1.165, 1.54) is 18.9 Å². The van der Waals surface area contributed by atoms with Crippen molar-refractivity contribution in [2.75, 3.05) is 18.1 Å². The van der Waals surface area contributed by atoms with Gasteiger partial charge in [0.1, 0.15) is 11.6 Å². The molecule has 0 spiro atoms. The minimum absolute atomic E-state index is 0.133. The zero-order valence-electron chi connectivity index (χ0n) is 16.7. The number of rotatable bonds is 10. The highest BCUT2D eigenvalue weighted by atomic mass is 19.1. The minimum atomic E-state index is -0.337. The van der Waals surface area contributed by atoms with Gasteiger partial charge in [0.2, 0.25) is 0 Å². The maximum absolute atomic E-state index is 14.1. The summed E-state index contributed by atoms with van der Waals surface area (Å²) >= 11 is 0. The van der Waals surface area contributed by atoms with Crippen LogP contribution in [0.5, 0.6) is 5.75 Å². The Kier molecular flexibility index (Phi) is 7.02. The first-order chi connectivity index (χ1) is 14.1. The van der Waals surface area contributed by atoms with Crippen LogP contribution in [0.2, 0.25) is 0 Å². The van der Waals surface area contributed by atoms with E-state index in [9.17, 15) is 4.39 Å². The van der Waals surface area contributed by atoms with Gasteiger partial charge in [-0.1, -0.05) is 19.1 Å². The molecule has 1 aliphatic carbocycles. The van der Waals surface area contributed by atoms with E-state index in [4.69, 9.17) is 10.00 Å². The van der Waals surface area contributed by atoms with Gasteiger partial charge in [0, 0.05) is 30.7 Å². The Morgan fingerprint density at radius 3 is 2.86 bits per heavy atom. The molecule has 1 saturated carbocycles. The van der Waals surface area contributed by atoms with Crippen molar-refractivity contribution in [3.05, 3.63) is 71.8 Å². The van der Waals surface area contributed by atoms with Crippen LogP contribution in [0.1, 0.15) is 30.9 Å². The first-order valence-corrected chi connectivity index (χ1v) is 9.89. The molecular weight excluding hydrogens is 365 g/mol. The van der Waals surface area contributed by atoms with Crippen molar-refractivity contribution in [1.29, 1.82) is 5.26 Å². The first-order valence-electron chi connectivity index (χ1n) is 9.89. The van der Waals surface area contributed by atoms with Gasteiger partial charge in [0.05, 0.1) is 18.2 Å². The number of halogens is 1. The molecule has 1 atom stereocenters. The van der Waals surface area contributed by atoms with Crippen LogP contribution < -0.4 is 9.64 Å². The van der Waals surface area contributed by atoms with Gasteiger partial charge in [0.15, 0.2) is 0 Å². The van der Waals surface area contributed by atoms with Gasteiger partial charge >= 0.3 is 0 Å². The van der Waals surface area contributed by atoms with E-state index in [0.717, 1.165) is 23.9 Å². The van der Waals surface area contributed by atoms with Crippen LogP contribution in [0.4, 0.5) is 10.1 Å². The van der Waals surface area contributed by atoms with Crippen molar-refractivity contribution in [2.45, 2.75) is 26.2 Å². The minimum Gasteiger partial charge on any atom is -0.493 e. The monoisotopic (exact) mass is 391 g/mol. The average Bonchev–Trinajstić information content (AvgIpc) is 3.55. The summed E-state index contributed by atoms with van der Waals surface area (Å²) in [6.07, 6.45) is 6.74. The maximum Gasteiger partial charge on any atom is 0.127 e. The van der Waals surface area contributed by atoms with Crippen LogP contribution in [0.25, 0.3) is 0 Å². The summed E-state index contributed by atoms with van der Waals surface area (Å²) in [5.41, 5.74) is 2.00. The second-order valence-corrected chi connectivity index (χ2v) is 7.61. The third kappa shape index (κ3) is 6.18.